The first-order chi connectivity index (χ1) is 7.06. The third kappa shape index (κ3) is 3.34. The van der Waals surface area contributed by atoms with E-state index in [1.54, 1.807) is 18.2 Å². The minimum absolute atomic E-state index is 0.298. The lowest BCUT2D eigenvalue weighted by molar-refractivity contribution is 0.0174. The summed E-state index contributed by atoms with van der Waals surface area (Å²) in [5, 5.41) is 19.4. The number of alkyl halides is 1. The highest BCUT2D eigenvalue weighted by atomic mass is 79.9. The minimum Gasteiger partial charge on any atom is -0.398 e. The summed E-state index contributed by atoms with van der Waals surface area (Å²) >= 11 is 8.77. The van der Waals surface area contributed by atoms with Gasteiger partial charge in [0.25, 0.3) is 0 Å². The smallest absolute Gasteiger partial charge is 0.107 e. The van der Waals surface area contributed by atoms with E-state index in [0.717, 1.165) is 4.47 Å². The third-order valence-corrected chi connectivity index (χ3v) is 2.85. The van der Waals surface area contributed by atoms with Crippen LogP contribution in [-0.2, 0) is 0 Å². The summed E-state index contributed by atoms with van der Waals surface area (Å²) in [6, 6.07) is 5.15. The molecule has 0 radical (unpaired) electrons. The Kier molecular flexibility index (Phi) is 4.86. The highest BCUT2D eigenvalue weighted by Gasteiger charge is 2.20. The van der Waals surface area contributed by atoms with Gasteiger partial charge in [-0.2, -0.15) is 0 Å². The van der Waals surface area contributed by atoms with Crippen molar-refractivity contribution in [2.24, 2.45) is 0 Å². The van der Waals surface area contributed by atoms with Crippen LogP contribution in [0.25, 0.3) is 0 Å². The van der Waals surface area contributed by atoms with Gasteiger partial charge in [0.15, 0.2) is 0 Å². The van der Waals surface area contributed by atoms with Crippen LogP contribution in [-0.4, -0.2) is 22.2 Å². The molecule has 2 unspecified atom stereocenters. The molecule has 5 heteroatoms. The second-order valence-electron chi connectivity index (χ2n) is 3.26. The number of halogens is 2. The number of benzene rings is 1. The molecule has 1 rings (SSSR count). The molecular formula is C10H13BrClNO2. The zero-order chi connectivity index (χ0) is 11.4. The molecule has 0 aliphatic rings. The maximum Gasteiger partial charge on any atom is 0.107 e. The predicted octanol–water partition coefficient (Wildman–Crippen LogP) is 2.05. The third-order valence-electron chi connectivity index (χ3n) is 2.14. The molecule has 1 aromatic carbocycles. The van der Waals surface area contributed by atoms with Crippen LogP contribution in [0.15, 0.2) is 22.7 Å². The van der Waals surface area contributed by atoms with E-state index in [1.807, 2.05) is 0 Å². The largest absolute Gasteiger partial charge is 0.398 e. The van der Waals surface area contributed by atoms with Crippen molar-refractivity contribution in [2.75, 3.05) is 11.6 Å². The Morgan fingerprint density at radius 1 is 1.40 bits per heavy atom. The monoisotopic (exact) mass is 293 g/mol. The average molecular weight is 295 g/mol. The van der Waals surface area contributed by atoms with Gasteiger partial charge in [0.1, 0.15) is 6.10 Å². The van der Waals surface area contributed by atoms with E-state index < -0.39 is 12.2 Å². The molecular weight excluding hydrogens is 281 g/mol. The molecule has 0 aliphatic heterocycles. The van der Waals surface area contributed by atoms with Crippen LogP contribution < -0.4 is 5.73 Å². The molecule has 1 aromatic rings. The van der Waals surface area contributed by atoms with Gasteiger partial charge >= 0.3 is 0 Å². The normalized spacial score (nSPS) is 14.9. The van der Waals surface area contributed by atoms with Crippen molar-refractivity contribution in [2.45, 2.75) is 18.6 Å². The van der Waals surface area contributed by atoms with E-state index in [9.17, 15) is 10.2 Å². The lowest BCUT2D eigenvalue weighted by Gasteiger charge is -2.19. The molecule has 0 saturated carbocycles. The van der Waals surface area contributed by atoms with Crippen LogP contribution in [0.4, 0.5) is 5.69 Å². The first-order valence-electron chi connectivity index (χ1n) is 4.53. The van der Waals surface area contributed by atoms with E-state index in [-0.39, 0.29) is 0 Å². The van der Waals surface area contributed by atoms with Gasteiger partial charge in [-0.15, -0.1) is 11.6 Å². The predicted molar refractivity (Wildman–Crippen MR) is 64.9 cm³/mol. The molecule has 4 N–H and O–H groups in total. The van der Waals surface area contributed by atoms with Gasteiger partial charge < -0.3 is 15.9 Å². The van der Waals surface area contributed by atoms with Gasteiger partial charge in [0.2, 0.25) is 0 Å². The summed E-state index contributed by atoms with van der Waals surface area (Å²) in [6.07, 6.45) is -1.56. The fourth-order valence-electron chi connectivity index (χ4n) is 1.28. The number of rotatable bonds is 4. The number of aliphatic hydroxyl groups excluding tert-OH is 2. The Labute approximate surface area is 102 Å². The molecule has 2 atom stereocenters. The van der Waals surface area contributed by atoms with Gasteiger partial charge in [-0.25, -0.2) is 0 Å². The van der Waals surface area contributed by atoms with Gasteiger partial charge in [-0.05, 0) is 24.6 Å². The number of anilines is 1. The fraction of sp³-hybridized carbons (Fsp3) is 0.400. The second-order valence-corrected chi connectivity index (χ2v) is 4.56. The summed E-state index contributed by atoms with van der Waals surface area (Å²) in [5.41, 5.74) is 6.67. The fourth-order valence-corrected chi connectivity index (χ4v) is 1.88. The first-order valence-corrected chi connectivity index (χ1v) is 5.86. The van der Waals surface area contributed by atoms with E-state index >= 15 is 0 Å². The molecule has 84 valence electrons. The summed E-state index contributed by atoms with van der Waals surface area (Å²) in [7, 11) is 0. The van der Waals surface area contributed by atoms with Crippen molar-refractivity contribution in [1.82, 2.24) is 0 Å². The summed E-state index contributed by atoms with van der Waals surface area (Å²) in [4.78, 5) is 0. The van der Waals surface area contributed by atoms with Gasteiger partial charge in [-0.3, -0.25) is 0 Å². The van der Waals surface area contributed by atoms with Crippen LogP contribution >= 0.6 is 27.5 Å². The Bertz CT molecular complexity index is 335. The summed E-state index contributed by atoms with van der Waals surface area (Å²) in [6.45, 7) is 0. The maximum absolute atomic E-state index is 9.82. The number of aliphatic hydroxyl groups is 2. The zero-order valence-electron chi connectivity index (χ0n) is 8.03. The maximum atomic E-state index is 9.82. The van der Waals surface area contributed by atoms with Crippen molar-refractivity contribution < 1.29 is 10.2 Å². The second kappa shape index (κ2) is 5.70. The van der Waals surface area contributed by atoms with Crippen LogP contribution in [0.5, 0.6) is 0 Å². The molecule has 15 heavy (non-hydrogen) atoms. The Morgan fingerprint density at radius 2 is 2.07 bits per heavy atom. The van der Waals surface area contributed by atoms with Crippen molar-refractivity contribution in [1.29, 1.82) is 0 Å². The van der Waals surface area contributed by atoms with Crippen molar-refractivity contribution in [3.8, 4) is 0 Å². The lowest BCUT2D eigenvalue weighted by atomic mass is 10.0. The molecule has 0 heterocycles. The molecule has 3 nitrogen and oxygen atoms in total. The topological polar surface area (TPSA) is 66.5 Å². The summed E-state index contributed by atoms with van der Waals surface area (Å²) in [5.74, 6) is 0.298. The molecule has 0 amide bonds. The molecule has 0 bridgehead atoms. The lowest BCUT2D eigenvalue weighted by Crippen LogP contribution is -2.19. The van der Waals surface area contributed by atoms with E-state index in [0.29, 0.717) is 23.6 Å². The number of hydrogen-bond donors (Lipinski definition) is 3. The zero-order valence-corrected chi connectivity index (χ0v) is 10.4. The van der Waals surface area contributed by atoms with Crippen molar-refractivity contribution in [3.05, 3.63) is 28.2 Å². The molecule has 0 saturated heterocycles. The first kappa shape index (κ1) is 12.8. The molecule has 0 spiro atoms. The molecule has 0 aromatic heterocycles. The van der Waals surface area contributed by atoms with Crippen molar-refractivity contribution >= 4 is 33.2 Å². The van der Waals surface area contributed by atoms with E-state index in [2.05, 4.69) is 15.9 Å². The minimum atomic E-state index is -0.999. The van der Waals surface area contributed by atoms with Crippen molar-refractivity contribution in [3.63, 3.8) is 0 Å². The summed E-state index contributed by atoms with van der Waals surface area (Å²) < 4.78 is 0.809. The van der Waals surface area contributed by atoms with Crippen LogP contribution in [0.1, 0.15) is 18.1 Å². The Morgan fingerprint density at radius 3 is 2.67 bits per heavy atom. The van der Waals surface area contributed by atoms with Gasteiger partial charge in [-0.1, -0.05) is 15.9 Å². The van der Waals surface area contributed by atoms with Gasteiger partial charge in [0.05, 0.1) is 6.10 Å². The number of hydrogen-bond acceptors (Lipinski definition) is 3. The quantitative estimate of drug-likeness (QED) is 0.588. The van der Waals surface area contributed by atoms with Crippen LogP contribution in [0.2, 0.25) is 0 Å². The highest BCUT2D eigenvalue weighted by molar-refractivity contribution is 9.10. The SMILES string of the molecule is Nc1ccc(Br)cc1C(O)C(O)CCCl. The molecule has 0 fully saturated rings. The Balaban J connectivity index is 2.89. The highest BCUT2D eigenvalue weighted by Crippen LogP contribution is 2.27. The number of nitrogens with two attached hydrogens (primary N) is 1. The van der Waals surface area contributed by atoms with E-state index in [1.165, 1.54) is 0 Å². The van der Waals surface area contributed by atoms with Gasteiger partial charge in [0, 0.05) is 21.6 Å². The van der Waals surface area contributed by atoms with E-state index in [4.69, 9.17) is 17.3 Å². The van der Waals surface area contributed by atoms with Crippen LogP contribution in [0, 0.1) is 0 Å². The average Bonchev–Trinajstić information content (AvgIpc) is 2.21. The number of nitrogen functional groups attached to an aromatic ring is 1. The standard InChI is InChI=1S/C10H13BrClNO2/c11-6-1-2-8(13)7(5-6)10(15)9(14)3-4-12/h1-2,5,9-10,14-15H,3-4,13H2. The molecule has 0 aliphatic carbocycles. The Hall–Kier alpha value is -0.290. The van der Waals surface area contributed by atoms with Crippen LogP contribution in [0.3, 0.4) is 0 Å².